The Balaban J connectivity index is 1.84. The van der Waals surface area contributed by atoms with Crippen LogP contribution in [0.3, 0.4) is 0 Å². The van der Waals surface area contributed by atoms with Gasteiger partial charge in [0.05, 0.1) is 20.3 Å². The van der Waals surface area contributed by atoms with Gasteiger partial charge < -0.3 is 9.47 Å². The van der Waals surface area contributed by atoms with Crippen LogP contribution in [0.15, 0.2) is 41.3 Å². The second kappa shape index (κ2) is 9.12. The lowest BCUT2D eigenvalue weighted by Crippen LogP contribution is -2.43. The van der Waals surface area contributed by atoms with Crippen molar-refractivity contribution in [1.82, 2.24) is 9.62 Å². The molecular formula is C19H21F3N2O4S. The van der Waals surface area contributed by atoms with E-state index in [1.165, 1.54) is 0 Å². The van der Waals surface area contributed by atoms with Crippen molar-refractivity contribution in [2.24, 2.45) is 0 Å². The van der Waals surface area contributed by atoms with Crippen molar-refractivity contribution in [3.8, 4) is 5.75 Å². The molecule has 1 saturated heterocycles. The first-order valence-corrected chi connectivity index (χ1v) is 10.4. The van der Waals surface area contributed by atoms with Gasteiger partial charge in [0.2, 0.25) is 10.0 Å². The summed E-state index contributed by atoms with van der Waals surface area (Å²) in [6.07, 6.45) is 0. The standard InChI is InChI=1S/C19H21F3N2O4S/c1-27-14-4-2-13(3-5-14)16(24-8-10-28-11-9-24)12-23-29(25,26)17-7-6-15(20)18(21)19(17)22/h2-7,16,23H,8-12H2,1H3. The fourth-order valence-electron chi connectivity index (χ4n) is 3.16. The van der Waals surface area contributed by atoms with Crippen LogP contribution in [-0.4, -0.2) is 53.3 Å². The van der Waals surface area contributed by atoms with E-state index in [2.05, 4.69) is 4.72 Å². The van der Waals surface area contributed by atoms with Crippen molar-refractivity contribution in [1.29, 1.82) is 0 Å². The third-order valence-electron chi connectivity index (χ3n) is 4.74. The van der Waals surface area contributed by atoms with Crippen LogP contribution in [0.5, 0.6) is 5.75 Å². The normalized spacial score (nSPS) is 16.6. The third-order valence-corrected chi connectivity index (χ3v) is 6.18. The summed E-state index contributed by atoms with van der Waals surface area (Å²) in [6.45, 7) is 2.07. The highest BCUT2D eigenvalue weighted by atomic mass is 32.2. The van der Waals surface area contributed by atoms with Gasteiger partial charge >= 0.3 is 0 Å². The molecule has 1 aliphatic heterocycles. The molecule has 0 amide bonds. The van der Waals surface area contributed by atoms with Gasteiger partial charge in [-0.05, 0) is 29.8 Å². The van der Waals surface area contributed by atoms with Crippen molar-refractivity contribution < 1.29 is 31.1 Å². The summed E-state index contributed by atoms with van der Waals surface area (Å²) in [5.74, 6) is -4.37. The Morgan fingerprint density at radius 2 is 1.72 bits per heavy atom. The molecule has 2 aromatic rings. The summed E-state index contributed by atoms with van der Waals surface area (Å²) in [6, 6.07) is 8.05. The number of halogens is 3. The molecule has 1 heterocycles. The molecule has 0 bridgehead atoms. The van der Waals surface area contributed by atoms with E-state index in [1.54, 1.807) is 19.2 Å². The molecule has 0 spiro atoms. The van der Waals surface area contributed by atoms with Crippen molar-refractivity contribution in [2.45, 2.75) is 10.9 Å². The van der Waals surface area contributed by atoms with E-state index in [0.29, 0.717) is 44.2 Å². The molecule has 6 nitrogen and oxygen atoms in total. The molecule has 0 radical (unpaired) electrons. The maximum absolute atomic E-state index is 14.0. The number of hydrogen-bond donors (Lipinski definition) is 1. The number of sulfonamides is 1. The van der Waals surface area contributed by atoms with E-state index < -0.39 is 32.4 Å². The number of nitrogens with zero attached hydrogens (tertiary/aromatic N) is 1. The maximum Gasteiger partial charge on any atom is 0.243 e. The number of rotatable bonds is 7. The van der Waals surface area contributed by atoms with Crippen LogP contribution in [0.2, 0.25) is 0 Å². The first kappa shape index (κ1) is 21.6. The average Bonchev–Trinajstić information content (AvgIpc) is 2.73. The van der Waals surface area contributed by atoms with Crippen LogP contribution < -0.4 is 9.46 Å². The minimum Gasteiger partial charge on any atom is -0.497 e. The Labute approximate surface area is 167 Å². The minimum atomic E-state index is -4.40. The summed E-state index contributed by atoms with van der Waals surface area (Å²) in [4.78, 5) is 1.10. The summed E-state index contributed by atoms with van der Waals surface area (Å²) >= 11 is 0. The van der Waals surface area contributed by atoms with E-state index in [9.17, 15) is 21.6 Å². The van der Waals surface area contributed by atoms with Gasteiger partial charge in [0.1, 0.15) is 10.6 Å². The average molecular weight is 430 g/mol. The molecule has 0 aromatic heterocycles. The Morgan fingerprint density at radius 3 is 2.34 bits per heavy atom. The van der Waals surface area contributed by atoms with Gasteiger partial charge in [-0.1, -0.05) is 12.1 Å². The van der Waals surface area contributed by atoms with Gasteiger partial charge in [-0.15, -0.1) is 0 Å². The monoisotopic (exact) mass is 430 g/mol. The molecule has 0 aliphatic carbocycles. The van der Waals surface area contributed by atoms with E-state index in [0.717, 1.165) is 5.56 Å². The molecule has 1 atom stereocenters. The van der Waals surface area contributed by atoms with Gasteiger partial charge in [0, 0.05) is 25.7 Å². The Hall–Kier alpha value is -2.14. The number of methoxy groups -OCH3 is 1. The Morgan fingerprint density at radius 1 is 1.07 bits per heavy atom. The topological polar surface area (TPSA) is 67.9 Å². The van der Waals surface area contributed by atoms with Crippen LogP contribution >= 0.6 is 0 Å². The molecule has 10 heteroatoms. The number of hydrogen-bond acceptors (Lipinski definition) is 5. The lowest BCUT2D eigenvalue weighted by atomic mass is 10.0. The van der Waals surface area contributed by atoms with Crippen molar-refractivity contribution in [3.63, 3.8) is 0 Å². The third kappa shape index (κ3) is 4.89. The maximum atomic E-state index is 14.0. The predicted molar refractivity (Wildman–Crippen MR) is 99.6 cm³/mol. The largest absolute Gasteiger partial charge is 0.497 e. The molecule has 29 heavy (non-hydrogen) atoms. The van der Waals surface area contributed by atoms with Crippen LogP contribution in [-0.2, 0) is 14.8 Å². The summed E-state index contributed by atoms with van der Waals surface area (Å²) in [5.41, 5.74) is 0.821. The van der Waals surface area contributed by atoms with E-state index in [-0.39, 0.29) is 12.6 Å². The number of ether oxygens (including phenoxy) is 2. The second-order valence-corrected chi connectivity index (χ2v) is 8.20. The first-order chi connectivity index (χ1) is 13.8. The lowest BCUT2D eigenvalue weighted by molar-refractivity contribution is 0.0172. The van der Waals surface area contributed by atoms with Gasteiger partial charge in [-0.2, -0.15) is 0 Å². The predicted octanol–water partition coefficient (Wildman–Crippen LogP) is 2.46. The second-order valence-electron chi connectivity index (χ2n) is 6.46. The molecular weight excluding hydrogens is 409 g/mol. The summed E-state index contributed by atoms with van der Waals surface area (Å²) < 4.78 is 78.4. The molecule has 3 rings (SSSR count). The Bertz CT molecular complexity index is 949. The number of benzene rings is 2. The first-order valence-electron chi connectivity index (χ1n) is 8.92. The molecule has 1 aliphatic rings. The molecule has 0 saturated carbocycles. The highest BCUT2D eigenvalue weighted by molar-refractivity contribution is 7.89. The fraction of sp³-hybridized carbons (Fsp3) is 0.368. The highest BCUT2D eigenvalue weighted by Crippen LogP contribution is 2.25. The smallest absolute Gasteiger partial charge is 0.243 e. The van der Waals surface area contributed by atoms with E-state index >= 15 is 0 Å². The van der Waals surface area contributed by atoms with E-state index in [4.69, 9.17) is 9.47 Å². The lowest BCUT2D eigenvalue weighted by Gasteiger charge is -2.35. The van der Waals surface area contributed by atoms with Crippen molar-refractivity contribution in [3.05, 3.63) is 59.4 Å². The summed E-state index contributed by atoms with van der Waals surface area (Å²) in [5, 5.41) is 0. The summed E-state index contributed by atoms with van der Waals surface area (Å²) in [7, 11) is -2.86. The van der Waals surface area contributed by atoms with Gasteiger partial charge in [-0.25, -0.2) is 26.3 Å². The fourth-order valence-corrected chi connectivity index (χ4v) is 4.26. The molecule has 1 N–H and O–H groups in total. The van der Waals surface area contributed by atoms with Gasteiger partial charge in [0.25, 0.3) is 0 Å². The van der Waals surface area contributed by atoms with Crippen LogP contribution in [0.4, 0.5) is 13.2 Å². The van der Waals surface area contributed by atoms with Gasteiger partial charge in [-0.3, -0.25) is 4.90 Å². The van der Waals surface area contributed by atoms with Crippen LogP contribution in [0, 0.1) is 17.5 Å². The number of nitrogens with one attached hydrogen (secondary N) is 1. The molecule has 158 valence electrons. The SMILES string of the molecule is COc1ccc(C(CNS(=O)(=O)c2ccc(F)c(F)c2F)N2CCOCC2)cc1. The van der Waals surface area contributed by atoms with E-state index in [1.807, 2.05) is 17.0 Å². The quantitative estimate of drug-likeness (QED) is 0.684. The molecule has 1 fully saturated rings. The zero-order valence-electron chi connectivity index (χ0n) is 15.7. The zero-order valence-corrected chi connectivity index (χ0v) is 16.5. The van der Waals surface area contributed by atoms with Crippen molar-refractivity contribution in [2.75, 3.05) is 40.0 Å². The molecule has 1 unspecified atom stereocenters. The van der Waals surface area contributed by atoms with Gasteiger partial charge in [0.15, 0.2) is 17.5 Å². The number of morpholine rings is 1. The van der Waals surface area contributed by atoms with Crippen LogP contribution in [0.1, 0.15) is 11.6 Å². The van der Waals surface area contributed by atoms with Crippen molar-refractivity contribution >= 4 is 10.0 Å². The highest BCUT2D eigenvalue weighted by Gasteiger charge is 2.28. The Kier molecular flexibility index (Phi) is 6.78. The van der Waals surface area contributed by atoms with Crippen LogP contribution in [0.25, 0.3) is 0 Å². The molecule has 2 aromatic carbocycles. The minimum absolute atomic E-state index is 0.0902. The zero-order chi connectivity index (χ0) is 21.0.